The molecule has 3 rings (SSSR count). The topological polar surface area (TPSA) is 59.8 Å². The average Bonchev–Trinajstić information content (AvgIpc) is 3.06. The van der Waals surface area contributed by atoms with Crippen LogP contribution in [-0.2, 0) is 6.54 Å². The molecular weight excluding hydrogens is 347 g/mol. The molecule has 7 heteroatoms. The van der Waals surface area contributed by atoms with E-state index in [1.165, 1.54) is 6.07 Å². The van der Waals surface area contributed by atoms with Crippen molar-refractivity contribution in [2.45, 2.75) is 13.5 Å². The van der Waals surface area contributed by atoms with Crippen molar-refractivity contribution in [3.63, 3.8) is 0 Å². The van der Waals surface area contributed by atoms with Crippen LogP contribution >= 0.6 is 23.2 Å². The lowest BCUT2D eigenvalue weighted by molar-refractivity contribution is 0.102. The van der Waals surface area contributed by atoms with Gasteiger partial charge in [0, 0.05) is 22.8 Å². The quantitative estimate of drug-likeness (QED) is 0.743. The largest absolute Gasteiger partial charge is 0.322 e. The Morgan fingerprint density at radius 2 is 2.04 bits per heavy atom. The number of aryl methyl sites for hydroxylation is 1. The first-order valence-corrected chi connectivity index (χ1v) is 8.08. The lowest BCUT2D eigenvalue weighted by Crippen LogP contribution is -2.12. The maximum atomic E-state index is 12.4. The Morgan fingerprint density at radius 1 is 1.21 bits per heavy atom. The minimum Gasteiger partial charge on any atom is -0.322 e. The predicted molar refractivity (Wildman–Crippen MR) is 95.5 cm³/mol. The third-order valence-electron chi connectivity index (χ3n) is 3.51. The molecule has 2 aromatic carbocycles. The van der Waals surface area contributed by atoms with Gasteiger partial charge in [0.15, 0.2) is 5.82 Å². The van der Waals surface area contributed by atoms with E-state index in [2.05, 4.69) is 15.5 Å². The second kappa shape index (κ2) is 7.03. The second-order valence-electron chi connectivity index (χ2n) is 5.10. The number of nitrogens with zero attached hydrogens (tertiary/aromatic N) is 3. The molecule has 1 amide bonds. The van der Waals surface area contributed by atoms with Gasteiger partial charge in [0.2, 0.25) is 0 Å². The van der Waals surface area contributed by atoms with E-state index in [0.717, 1.165) is 17.9 Å². The molecule has 0 atom stereocenters. The van der Waals surface area contributed by atoms with E-state index in [9.17, 15) is 4.79 Å². The zero-order valence-corrected chi connectivity index (χ0v) is 14.3. The molecule has 0 radical (unpaired) electrons. The van der Waals surface area contributed by atoms with Crippen LogP contribution in [0.25, 0.3) is 11.4 Å². The van der Waals surface area contributed by atoms with Crippen LogP contribution in [0.3, 0.4) is 0 Å². The lowest BCUT2D eigenvalue weighted by atomic mass is 10.1. The normalized spacial score (nSPS) is 10.6. The molecule has 0 unspecified atom stereocenters. The summed E-state index contributed by atoms with van der Waals surface area (Å²) in [5.41, 5.74) is 1.83. The monoisotopic (exact) mass is 360 g/mol. The molecule has 5 nitrogen and oxygen atoms in total. The fraction of sp³-hybridized carbons (Fsp3) is 0.118. The number of hydrogen-bond acceptors (Lipinski definition) is 3. The maximum absolute atomic E-state index is 12.4. The van der Waals surface area contributed by atoms with Gasteiger partial charge in [-0.1, -0.05) is 35.3 Å². The lowest BCUT2D eigenvalue weighted by Gasteiger charge is -2.09. The number of rotatable bonds is 4. The molecule has 0 bridgehead atoms. The van der Waals surface area contributed by atoms with Crippen LogP contribution in [0.15, 0.2) is 48.8 Å². The van der Waals surface area contributed by atoms with Crippen molar-refractivity contribution in [2.24, 2.45) is 0 Å². The van der Waals surface area contributed by atoms with E-state index in [1.807, 2.05) is 29.7 Å². The van der Waals surface area contributed by atoms with E-state index in [-0.39, 0.29) is 5.91 Å². The van der Waals surface area contributed by atoms with Crippen LogP contribution in [0.5, 0.6) is 0 Å². The van der Waals surface area contributed by atoms with E-state index >= 15 is 0 Å². The highest BCUT2D eigenvalue weighted by molar-refractivity contribution is 6.36. The minimum absolute atomic E-state index is 0.323. The molecule has 0 aliphatic rings. The van der Waals surface area contributed by atoms with Crippen molar-refractivity contribution in [1.82, 2.24) is 14.8 Å². The zero-order valence-electron chi connectivity index (χ0n) is 12.8. The Bertz CT molecular complexity index is 892. The minimum atomic E-state index is -0.323. The Balaban J connectivity index is 1.87. The summed E-state index contributed by atoms with van der Waals surface area (Å²) in [6.45, 7) is 2.77. The molecule has 0 aliphatic heterocycles. The van der Waals surface area contributed by atoms with Gasteiger partial charge in [-0.3, -0.25) is 4.79 Å². The Kier molecular flexibility index (Phi) is 4.83. The van der Waals surface area contributed by atoms with Gasteiger partial charge in [0.05, 0.1) is 10.6 Å². The summed E-state index contributed by atoms with van der Waals surface area (Å²) in [6, 6.07) is 12.2. The molecule has 0 aliphatic carbocycles. The fourth-order valence-electron chi connectivity index (χ4n) is 2.32. The van der Waals surface area contributed by atoms with Crippen LogP contribution in [0.1, 0.15) is 17.3 Å². The van der Waals surface area contributed by atoms with Crippen LogP contribution in [0.4, 0.5) is 5.69 Å². The Labute approximate surface area is 149 Å². The molecule has 0 saturated heterocycles. The smallest absolute Gasteiger partial charge is 0.257 e. The molecule has 1 N–H and O–H groups in total. The highest BCUT2D eigenvalue weighted by Gasteiger charge is 2.12. The third-order valence-corrected chi connectivity index (χ3v) is 4.07. The SMILES string of the molecule is CCn1cnnc1-c1cccc(NC(=O)c2cc(Cl)ccc2Cl)c1. The maximum Gasteiger partial charge on any atom is 0.257 e. The Morgan fingerprint density at radius 3 is 2.83 bits per heavy atom. The number of carbonyl (C=O) groups is 1. The number of anilines is 1. The van der Waals surface area contributed by atoms with Crippen molar-refractivity contribution in [3.05, 3.63) is 64.4 Å². The van der Waals surface area contributed by atoms with Crippen molar-refractivity contribution in [3.8, 4) is 11.4 Å². The molecule has 0 spiro atoms. The van der Waals surface area contributed by atoms with Crippen molar-refractivity contribution >= 4 is 34.8 Å². The summed E-state index contributed by atoms with van der Waals surface area (Å²) in [4.78, 5) is 12.4. The van der Waals surface area contributed by atoms with Gasteiger partial charge < -0.3 is 9.88 Å². The van der Waals surface area contributed by atoms with Crippen molar-refractivity contribution < 1.29 is 4.79 Å². The number of benzene rings is 2. The molecule has 0 saturated carbocycles. The molecule has 122 valence electrons. The highest BCUT2D eigenvalue weighted by atomic mass is 35.5. The van der Waals surface area contributed by atoms with E-state index < -0.39 is 0 Å². The summed E-state index contributed by atoms with van der Waals surface area (Å²) < 4.78 is 1.93. The van der Waals surface area contributed by atoms with Crippen LogP contribution < -0.4 is 5.32 Å². The zero-order chi connectivity index (χ0) is 17.1. The average molecular weight is 361 g/mol. The number of halogens is 2. The van der Waals surface area contributed by atoms with Crippen LogP contribution in [-0.4, -0.2) is 20.7 Å². The van der Waals surface area contributed by atoms with Gasteiger partial charge in [0.1, 0.15) is 6.33 Å². The number of nitrogens with one attached hydrogen (secondary N) is 1. The van der Waals surface area contributed by atoms with Gasteiger partial charge in [-0.05, 0) is 37.3 Å². The second-order valence-corrected chi connectivity index (χ2v) is 5.94. The van der Waals surface area contributed by atoms with Gasteiger partial charge >= 0.3 is 0 Å². The number of hydrogen-bond donors (Lipinski definition) is 1. The first-order chi connectivity index (χ1) is 11.6. The van der Waals surface area contributed by atoms with Crippen LogP contribution in [0.2, 0.25) is 10.0 Å². The molecule has 24 heavy (non-hydrogen) atoms. The molecule has 1 heterocycles. The summed E-state index contributed by atoms with van der Waals surface area (Å²) in [5.74, 6) is 0.422. The number of carbonyl (C=O) groups excluding carboxylic acids is 1. The first kappa shape index (κ1) is 16.5. The highest BCUT2D eigenvalue weighted by Crippen LogP contribution is 2.24. The predicted octanol–water partition coefficient (Wildman–Crippen LogP) is 4.52. The fourth-order valence-corrected chi connectivity index (χ4v) is 2.69. The molecule has 3 aromatic rings. The summed E-state index contributed by atoms with van der Waals surface area (Å²) >= 11 is 12.0. The van der Waals surface area contributed by atoms with Crippen molar-refractivity contribution in [2.75, 3.05) is 5.32 Å². The van der Waals surface area contributed by atoms with Gasteiger partial charge in [-0.15, -0.1) is 10.2 Å². The van der Waals surface area contributed by atoms with E-state index in [4.69, 9.17) is 23.2 Å². The first-order valence-electron chi connectivity index (χ1n) is 7.33. The molecule has 1 aromatic heterocycles. The summed E-state index contributed by atoms with van der Waals surface area (Å²) in [7, 11) is 0. The van der Waals surface area contributed by atoms with Crippen molar-refractivity contribution in [1.29, 1.82) is 0 Å². The molecule has 0 fully saturated rings. The third kappa shape index (κ3) is 3.42. The van der Waals surface area contributed by atoms with E-state index in [1.54, 1.807) is 24.5 Å². The van der Waals surface area contributed by atoms with E-state index in [0.29, 0.717) is 21.3 Å². The van der Waals surface area contributed by atoms with Gasteiger partial charge in [0.25, 0.3) is 5.91 Å². The standard InChI is InChI=1S/C17H14Cl2N4O/c1-2-23-10-20-22-16(23)11-4-3-5-13(8-11)21-17(24)14-9-12(18)6-7-15(14)19/h3-10H,2H2,1H3,(H,21,24). The number of amides is 1. The van der Waals surface area contributed by atoms with Crippen LogP contribution in [0, 0.1) is 0 Å². The van der Waals surface area contributed by atoms with Gasteiger partial charge in [-0.25, -0.2) is 0 Å². The molecular formula is C17H14Cl2N4O. The number of aromatic nitrogens is 3. The summed E-state index contributed by atoms with van der Waals surface area (Å²) in [5, 5.41) is 11.7. The van der Waals surface area contributed by atoms with Gasteiger partial charge in [-0.2, -0.15) is 0 Å². The summed E-state index contributed by atoms with van der Waals surface area (Å²) in [6.07, 6.45) is 1.67. The Hall–Kier alpha value is -2.37.